The Bertz CT molecular complexity index is 1270. The van der Waals surface area contributed by atoms with E-state index in [0.29, 0.717) is 29.2 Å². The molecule has 3 aromatic rings. The van der Waals surface area contributed by atoms with Crippen molar-refractivity contribution in [3.8, 4) is 11.5 Å². The van der Waals surface area contributed by atoms with Crippen molar-refractivity contribution in [2.45, 2.75) is 32.9 Å². The van der Waals surface area contributed by atoms with E-state index in [0.717, 1.165) is 17.5 Å². The lowest BCUT2D eigenvalue weighted by atomic mass is 9.95. The van der Waals surface area contributed by atoms with Gasteiger partial charge >= 0.3 is 0 Å². The van der Waals surface area contributed by atoms with E-state index in [9.17, 15) is 14.7 Å². The number of amides is 1. The molecule has 1 unspecified atom stereocenters. The van der Waals surface area contributed by atoms with Crippen LogP contribution in [0.1, 0.15) is 41.6 Å². The average molecular weight is 473 g/mol. The number of carbonyl (C=O) groups excluding carboxylic acids is 2. The number of hydrogen-bond donors (Lipinski definition) is 1. The third kappa shape index (κ3) is 4.89. The highest BCUT2D eigenvalue weighted by Gasteiger charge is 2.46. The quantitative estimate of drug-likeness (QED) is 0.288. The van der Waals surface area contributed by atoms with Gasteiger partial charge in [0.2, 0.25) is 0 Å². The van der Waals surface area contributed by atoms with Crippen molar-refractivity contribution in [3.63, 3.8) is 0 Å². The van der Waals surface area contributed by atoms with Crippen molar-refractivity contribution < 1.29 is 24.2 Å². The van der Waals surface area contributed by atoms with Gasteiger partial charge in [-0.2, -0.15) is 0 Å². The minimum atomic E-state index is -0.786. The molecule has 1 N–H and O–H groups in total. The minimum absolute atomic E-state index is 0.0347. The molecule has 2 heterocycles. The van der Waals surface area contributed by atoms with Gasteiger partial charge in [-0.1, -0.05) is 25.1 Å². The first-order valence-corrected chi connectivity index (χ1v) is 11.5. The molecule has 1 fully saturated rings. The zero-order valence-corrected chi connectivity index (χ0v) is 20.0. The molecule has 0 aliphatic carbocycles. The lowest BCUT2D eigenvalue weighted by Gasteiger charge is -2.25. The highest BCUT2D eigenvalue weighted by Crippen LogP contribution is 2.40. The van der Waals surface area contributed by atoms with Gasteiger partial charge in [-0.15, -0.1) is 0 Å². The highest BCUT2D eigenvalue weighted by molar-refractivity contribution is 6.46. The zero-order valence-electron chi connectivity index (χ0n) is 20.0. The highest BCUT2D eigenvalue weighted by atomic mass is 16.5. The summed E-state index contributed by atoms with van der Waals surface area (Å²) >= 11 is 0. The van der Waals surface area contributed by atoms with Crippen LogP contribution in [0, 0.1) is 6.92 Å². The molecule has 7 heteroatoms. The maximum atomic E-state index is 13.2. The van der Waals surface area contributed by atoms with Crippen LogP contribution in [0.5, 0.6) is 11.5 Å². The summed E-state index contributed by atoms with van der Waals surface area (Å²) in [6.45, 7) is 4.66. The molecule has 1 aromatic heterocycles. The van der Waals surface area contributed by atoms with Crippen molar-refractivity contribution >= 4 is 17.4 Å². The smallest absolute Gasteiger partial charge is 0.295 e. The lowest BCUT2D eigenvalue weighted by Crippen LogP contribution is -2.29. The molecule has 35 heavy (non-hydrogen) atoms. The van der Waals surface area contributed by atoms with Gasteiger partial charge in [0, 0.05) is 24.5 Å². The van der Waals surface area contributed by atoms with Crippen LogP contribution in [0.15, 0.2) is 72.6 Å². The summed E-state index contributed by atoms with van der Waals surface area (Å²) in [6, 6.07) is 15.3. The zero-order chi connectivity index (χ0) is 24.9. The number of aliphatic hydroxyl groups excluding tert-OH is 1. The van der Waals surface area contributed by atoms with E-state index in [2.05, 4.69) is 4.98 Å². The molecule has 0 radical (unpaired) electrons. The summed E-state index contributed by atoms with van der Waals surface area (Å²) in [5.74, 6) is -0.273. The van der Waals surface area contributed by atoms with E-state index in [1.807, 2.05) is 38.1 Å². The van der Waals surface area contributed by atoms with Gasteiger partial charge in [0.1, 0.15) is 17.3 Å². The molecule has 0 bridgehead atoms. The number of rotatable bonds is 8. The molecule has 1 saturated heterocycles. The van der Waals surface area contributed by atoms with Gasteiger partial charge in [0.15, 0.2) is 0 Å². The minimum Gasteiger partial charge on any atom is -0.507 e. The monoisotopic (exact) mass is 472 g/mol. The van der Waals surface area contributed by atoms with Gasteiger partial charge in [-0.3, -0.25) is 14.6 Å². The molecule has 0 saturated carbocycles. The van der Waals surface area contributed by atoms with Crippen molar-refractivity contribution in [1.29, 1.82) is 0 Å². The van der Waals surface area contributed by atoms with Gasteiger partial charge in [-0.05, 0) is 66.4 Å². The topological polar surface area (TPSA) is 89.0 Å². The van der Waals surface area contributed by atoms with E-state index in [1.54, 1.807) is 49.8 Å². The Morgan fingerprint density at radius 1 is 1.11 bits per heavy atom. The number of Topliss-reactive ketones (excluding diaryl/α,β-unsaturated/α-hetero) is 1. The number of ether oxygens (including phenoxy) is 2. The van der Waals surface area contributed by atoms with Crippen LogP contribution < -0.4 is 9.47 Å². The Kier molecular flexibility index (Phi) is 7.15. The summed E-state index contributed by atoms with van der Waals surface area (Å²) < 4.78 is 11.0. The Morgan fingerprint density at radius 3 is 2.63 bits per heavy atom. The largest absolute Gasteiger partial charge is 0.507 e. The number of ketones is 1. The molecule has 1 atom stereocenters. The summed E-state index contributed by atoms with van der Waals surface area (Å²) in [5, 5.41) is 11.3. The molecule has 180 valence electrons. The predicted molar refractivity (Wildman–Crippen MR) is 132 cm³/mol. The normalized spacial score (nSPS) is 17.0. The number of aromatic nitrogens is 1. The Labute approximate surface area is 204 Å². The van der Waals surface area contributed by atoms with Crippen molar-refractivity contribution in [3.05, 3.63) is 94.8 Å². The van der Waals surface area contributed by atoms with E-state index in [-0.39, 0.29) is 17.9 Å². The van der Waals surface area contributed by atoms with Gasteiger partial charge in [0.25, 0.3) is 11.7 Å². The average Bonchev–Trinajstić information content (AvgIpc) is 3.13. The third-order valence-electron chi connectivity index (χ3n) is 5.94. The van der Waals surface area contributed by atoms with Crippen LogP contribution >= 0.6 is 0 Å². The number of methoxy groups -OCH3 is 1. The number of benzene rings is 2. The predicted octanol–water partition coefficient (Wildman–Crippen LogP) is 4.81. The van der Waals surface area contributed by atoms with E-state index < -0.39 is 17.7 Å². The van der Waals surface area contributed by atoms with Crippen LogP contribution in [-0.2, 0) is 16.1 Å². The van der Waals surface area contributed by atoms with E-state index in [4.69, 9.17) is 9.47 Å². The van der Waals surface area contributed by atoms with Gasteiger partial charge in [0.05, 0.1) is 25.3 Å². The maximum absolute atomic E-state index is 13.2. The molecule has 1 amide bonds. The molecule has 4 rings (SSSR count). The Hall–Kier alpha value is -4.13. The second-order valence-corrected chi connectivity index (χ2v) is 8.39. The van der Waals surface area contributed by atoms with Crippen LogP contribution in [-0.4, -0.2) is 40.4 Å². The molecule has 1 aliphatic rings. The first kappa shape index (κ1) is 24.0. The maximum Gasteiger partial charge on any atom is 0.295 e. The van der Waals surface area contributed by atoms with Crippen LogP contribution in [0.25, 0.3) is 5.76 Å². The lowest BCUT2D eigenvalue weighted by molar-refractivity contribution is -0.140. The fourth-order valence-corrected chi connectivity index (χ4v) is 4.22. The van der Waals surface area contributed by atoms with Crippen molar-refractivity contribution in [2.75, 3.05) is 13.7 Å². The first-order valence-electron chi connectivity index (χ1n) is 11.5. The molecule has 7 nitrogen and oxygen atoms in total. The standard InChI is InChI=1S/C28H28N2O5/c1-4-13-35-23-11-10-20(14-18(23)2)26(31)24-25(21-8-6-12-29-16-21)30(28(33)27(24)32)17-19-7-5-9-22(15-19)34-3/h5-12,14-16,25,31H,4,13,17H2,1-3H3/b26-24-. The molecular weight excluding hydrogens is 444 g/mol. The van der Waals surface area contributed by atoms with Crippen molar-refractivity contribution in [2.24, 2.45) is 0 Å². The molecule has 1 aliphatic heterocycles. The van der Waals surface area contributed by atoms with Crippen LogP contribution in [0.3, 0.4) is 0 Å². The summed E-state index contributed by atoms with van der Waals surface area (Å²) in [4.78, 5) is 32.1. The third-order valence-corrected chi connectivity index (χ3v) is 5.94. The first-order chi connectivity index (χ1) is 16.9. The van der Waals surface area contributed by atoms with Crippen molar-refractivity contribution in [1.82, 2.24) is 9.88 Å². The molecular formula is C28H28N2O5. The SMILES string of the molecule is CCCOc1ccc(/C(O)=C2/C(=O)C(=O)N(Cc3cccc(OC)c3)C2c2cccnc2)cc1C. The summed E-state index contributed by atoms with van der Waals surface area (Å²) in [5.41, 5.74) is 2.74. The second kappa shape index (κ2) is 10.4. The summed E-state index contributed by atoms with van der Waals surface area (Å²) in [6.07, 6.45) is 4.11. The fraction of sp³-hybridized carbons (Fsp3) is 0.250. The Morgan fingerprint density at radius 2 is 1.94 bits per heavy atom. The van der Waals surface area contributed by atoms with E-state index >= 15 is 0 Å². The Balaban J connectivity index is 1.79. The number of aryl methyl sites for hydroxylation is 1. The number of hydrogen-bond acceptors (Lipinski definition) is 6. The second-order valence-electron chi connectivity index (χ2n) is 8.39. The summed E-state index contributed by atoms with van der Waals surface area (Å²) in [7, 11) is 1.57. The van der Waals surface area contributed by atoms with Crippen LogP contribution in [0.4, 0.5) is 0 Å². The molecule has 0 spiro atoms. The number of pyridine rings is 1. The number of carbonyl (C=O) groups is 2. The fourth-order valence-electron chi connectivity index (χ4n) is 4.22. The van der Waals surface area contributed by atoms with Gasteiger partial charge in [-0.25, -0.2) is 0 Å². The van der Waals surface area contributed by atoms with E-state index in [1.165, 1.54) is 4.90 Å². The molecule has 2 aromatic carbocycles. The number of nitrogens with zero attached hydrogens (tertiary/aromatic N) is 2. The van der Waals surface area contributed by atoms with Crippen LogP contribution in [0.2, 0.25) is 0 Å². The van der Waals surface area contributed by atoms with Gasteiger partial charge < -0.3 is 19.5 Å². The number of likely N-dealkylation sites (tertiary alicyclic amines) is 1. The number of aliphatic hydroxyl groups is 1.